The summed E-state index contributed by atoms with van der Waals surface area (Å²) in [5.74, 6) is 1.77. The Labute approximate surface area is 101 Å². The molecule has 0 saturated heterocycles. The highest BCUT2D eigenvalue weighted by atomic mass is 16.5. The minimum Gasteiger partial charge on any atom is -0.377 e. The highest BCUT2D eigenvalue weighted by Gasteiger charge is 2.23. The van der Waals surface area contributed by atoms with Gasteiger partial charge in [-0.2, -0.15) is 0 Å². The van der Waals surface area contributed by atoms with Crippen LogP contribution in [0.1, 0.15) is 53.4 Å². The van der Waals surface area contributed by atoms with Crippen LogP contribution >= 0.6 is 0 Å². The smallest absolute Gasteiger partial charge is 0.0594 e. The van der Waals surface area contributed by atoms with Crippen molar-refractivity contribution in [3.05, 3.63) is 0 Å². The maximum absolute atomic E-state index is 5.54. The van der Waals surface area contributed by atoms with Gasteiger partial charge in [-0.3, -0.25) is 0 Å². The molecule has 1 fully saturated rings. The van der Waals surface area contributed by atoms with Gasteiger partial charge in [0.15, 0.2) is 0 Å². The summed E-state index contributed by atoms with van der Waals surface area (Å²) >= 11 is 0. The Morgan fingerprint density at radius 3 is 2.56 bits per heavy atom. The summed E-state index contributed by atoms with van der Waals surface area (Å²) < 4.78 is 5.54. The topological polar surface area (TPSA) is 21.3 Å². The number of hydrogen-bond acceptors (Lipinski definition) is 2. The fourth-order valence-electron chi connectivity index (χ4n) is 2.58. The van der Waals surface area contributed by atoms with Gasteiger partial charge >= 0.3 is 0 Å². The molecular formula is C14H29NO. The molecule has 1 N–H and O–H groups in total. The van der Waals surface area contributed by atoms with E-state index in [1.165, 1.54) is 25.7 Å². The van der Waals surface area contributed by atoms with Crippen molar-refractivity contribution < 1.29 is 4.74 Å². The van der Waals surface area contributed by atoms with Crippen LogP contribution in [0.25, 0.3) is 0 Å². The van der Waals surface area contributed by atoms with Crippen LogP contribution < -0.4 is 5.32 Å². The standard InChI is InChI=1S/C14H29NO/c1-11(2)13-6-5-7-14(10-13)15-8-9-16-12(3)4/h11-15H,5-10H2,1-4H3. The van der Waals surface area contributed by atoms with Crippen LogP contribution in [0.3, 0.4) is 0 Å². The zero-order valence-corrected chi connectivity index (χ0v) is 11.5. The summed E-state index contributed by atoms with van der Waals surface area (Å²) in [7, 11) is 0. The quantitative estimate of drug-likeness (QED) is 0.704. The molecule has 0 aromatic rings. The summed E-state index contributed by atoms with van der Waals surface area (Å²) in [6.07, 6.45) is 5.89. The lowest BCUT2D eigenvalue weighted by atomic mass is 9.79. The second-order valence-electron chi connectivity index (χ2n) is 5.74. The Morgan fingerprint density at radius 2 is 1.94 bits per heavy atom. The van der Waals surface area contributed by atoms with Gasteiger partial charge in [-0.15, -0.1) is 0 Å². The molecule has 1 rings (SSSR count). The Morgan fingerprint density at radius 1 is 1.19 bits per heavy atom. The SMILES string of the molecule is CC(C)OCCNC1CCCC(C(C)C)C1. The lowest BCUT2D eigenvalue weighted by Crippen LogP contribution is -2.37. The van der Waals surface area contributed by atoms with Crippen molar-refractivity contribution in [2.45, 2.75) is 65.5 Å². The molecule has 0 aromatic carbocycles. The Kier molecular flexibility index (Phi) is 6.37. The molecule has 96 valence electrons. The summed E-state index contributed by atoms with van der Waals surface area (Å²) in [5, 5.41) is 3.64. The van der Waals surface area contributed by atoms with Crippen LogP contribution in [0.15, 0.2) is 0 Å². The van der Waals surface area contributed by atoms with E-state index >= 15 is 0 Å². The summed E-state index contributed by atoms with van der Waals surface area (Å²) in [5.41, 5.74) is 0. The fraction of sp³-hybridized carbons (Fsp3) is 1.00. The molecule has 0 radical (unpaired) electrons. The van der Waals surface area contributed by atoms with Gasteiger partial charge in [0.25, 0.3) is 0 Å². The molecule has 1 aliphatic rings. The van der Waals surface area contributed by atoms with Crippen LogP contribution in [0, 0.1) is 11.8 Å². The lowest BCUT2D eigenvalue weighted by Gasteiger charge is -2.32. The molecule has 2 nitrogen and oxygen atoms in total. The number of ether oxygens (including phenoxy) is 1. The largest absolute Gasteiger partial charge is 0.377 e. The molecule has 1 saturated carbocycles. The van der Waals surface area contributed by atoms with Crippen molar-refractivity contribution in [3.63, 3.8) is 0 Å². The average Bonchev–Trinajstić information content (AvgIpc) is 2.24. The molecule has 0 bridgehead atoms. The van der Waals surface area contributed by atoms with Gasteiger partial charge in [0.05, 0.1) is 12.7 Å². The predicted molar refractivity (Wildman–Crippen MR) is 69.7 cm³/mol. The molecule has 2 atom stereocenters. The van der Waals surface area contributed by atoms with E-state index in [1.807, 2.05) is 0 Å². The molecule has 0 amide bonds. The van der Waals surface area contributed by atoms with Crippen LogP contribution in [-0.2, 0) is 4.74 Å². The van der Waals surface area contributed by atoms with E-state index in [2.05, 4.69) is 33.0 Å². The molecule has 2 unspecified atom stereocenters. The third-order valence-corrected chi connectivity index (χ3v) is 3.64. The minimum absolute atomic E-state index is 0.358. The van der Waals surface area contributed by atoms with Gasteiger partial charge < -0.3 is 10.1 Å². The predicted octanol–water partition coefficient (Wildman–Crippen LogP) is 3.22. The number of rotatable bonds is 6. The van der Waals surface area contributed by atoms with Crippen molar-refractivity contribution >= 4 is 0 Å². The molecule has 16 heavy (non-hydrogen) atoms. The number of nitrogens with one attached hydrogen (secondary N) is 1. The first-order chi connectivity index (χ1) is 7.59. The highest BCUT2D eigenvalue weighted by Crippen LogP contribution is 2.29. The maximum Gasteiger partial charge on any atom is 0.0594 e. The molecule has 0 aliphatic heterocycles. The zero-order valence-electron chi connectivity index (χ0n) is 11.5. The monoisotopic (exact) mass is 227 g/mol. The van der Waals surface area contributed by atoms with E-state index in [1.54, 1.807) is 0 Å². The van der Waals surface area contributed by atoms with Gasteiger partial charge in [0, 0.05) is 12.6 Å². The Balaban J connectivity index is 2.12. The molecular weight excluding hydrogens is 198 g/mol. The average molecular weight is 227 g/mol. The Hall–Kier alpha value is -0.0800. The van der Waals surface area contributed by atoms with Gasteiger partial charge in [0.1, 0.15) is 0 Å². The van der Waals surface area contributed by atoms with E-state index < -0.39 is 0 Å². The van der Waals surface area contributed by atoms with Crippen molar-refractivity contribution in [2.24, 2.45) is 11.8 Å². The molecule has 2 heteroatoms. The van der Waals surface area contributed by atoms with Crippen LogP contribution in [-0.4, -0.2) is 25.3 Å². The van der Waals surface area contributed by atoms with E-state index in [4.69, 9.17) is 4.74 Å². The number of hydrogen-bond donors (Lipinski definition) is 1. The van der Waals surface area contributed by atoms with Crippen LogP contribution in [0.4, 0.5) is 0 Å². The Bertz CT molecular complexity index is 180. The summed E-state index contributed by atoms with van der Waals surface area (Å²) in [6, 6.07) is 0.733. The van der Waals surface area contributed by atoms with Crippen molar-refractivity contribution in [3.8, 4) is 0 Å². The van der Waals surface area contributed by atoms with Crippen molar-refractivity contribution in [1.29, 1.82) is 0 Å². The van der Waals surface area contributed by atoms with Crippen LogP contribution in [0.2, 0.25) is 0 Å². The van der Waals surface area contributed by atoms with E-state index in [9.17, 15) is 0 Å². The van der Waals surface area contributed by atoms with Crippen molar-refractivity contribution in [1.82, 2.24) is 5.32 Å². The second kappa shape index (κ2) is 7.29. The molecule has 1 aliphatic carbocycles. The lowest BCUT2D eigenvalue weighted by molar-refractivity contribution is 0.0772. The van der Waals surface area contributed by atoms with Crippen molar-refractivity contribution in [2.75, 3.05) is 13.2 Å². The molecule has 0 aromatic heterocycles. The van der Waals surface area contributed by atoms with Gasteiger partial charge in [-0.05, 0) is 38.5 Å². The second-order valence-corrected chi connectivity index (χ2v) is 5.74. The highest BCUT2D eigenvalue weighted by molar-refractivity contribution is 4.79. The van der Waals surface area contributed by atoms with Crippen LogP contribution in [0.5, 0.6) is 0 Å². The first-order valence-electron chi connectivity index (χ1n) is 6.94. The molecule has 0 heterocycles. The third kappa shape index (κ3) is 5.31. The molecule has 0 spiro atoms. The maximum atomic E-state index is 5.54. The van der Waals surface area contributed by atoms with Gasteiger partial charge in [-0.25, -0.2) is 0 Å². The van der Waals surface area contributed by atoms with E-state index in [0.717, 1.165) is 31.0 Å². The third-order valence-electron chi connectivity index (χ3n) is 3.64. The zero-order chi connectivity index (χ0) is 12.0. The van der Waals surface area contributed by atoms with Gasteiger partial charge in [0.2, 0.25) is 0 Å². The van der Waals surface area contributed by atoms with Gasteiger partial charge in [-0.1, -0.05) is 26.7 Å². The van der Waals surface area contributed by atoms with E-state index in [0.29, 0.717) is 6.10 Å². The van der Waals surface area contributed by atoms with E-state index in [-0.39, 0.29) is 0 Å². The minimum atomic E-state index is 0.358. The fourth-order valence-corrected chi connectivity index (χ4v) is 2.58. The first-order valence-corrected chi connectivity index (χ1v) is 6.94. The summed E-state index contributed by atoms with van der Waals surface area (Å²) in [6.45, 7) is 10.8. The first kappa shape index (κ1) is 14.0. The summed E-state index contributed by atoms with van der Waals surface area (Å²) in [4.78, 5) is 0. The normalized spacial score (nSPS) is 26.6.